The molecule has 1 saturated heterocycles. The van der Waals surface area contributed by atoms with Gasteiger partial charge in [-0.15, -0.1) is 0 Å². The number of amides is 1. The number of esters is 2. The number of halogens is 2. The number of carbonyl (C=O) groups is 3. The van der Waals surface area contributed by atoms with Crippen LogP contribution in [0.15, 0.2) is 18.2 Å². The predicted molar refractivity (Wildman–Crippen MR) is 89.1 cm³/mol. The summed E-state index contributed by atoms with van der Waals surface area (Å²) in [6.07, 6.45) is 1.49. The van der Waals surface area contributed by atoms with Crippen LogP contribution in [0.4, 0.5) is 5.69 Å². The number of fused-ring (bicyclic) bond motifs is 1. The van der Waals surface area contributed by atoms with E-state index in [-0.39, 0.29) is 23.9 Å². The Morgan fingerprint density at radius 1 is 1.24 bits per heavy atom. The molecule has 8 heteroatoms. The number of rotatable bonds is 4. The molecule has 0 spiro atoms. The zero-order valence-corrected chi connectivity index (χ0v) is 14.5. The van der Waals surface area contributed by atoms with Gasteiger partial charge in [0.1, 0.15) is 6.10 Å². The van der Waals surface area contributed by atoms with Gasteiger partial charge in [0.25, 0.3) is 5.91 Å². The van der Waals surface area contributed by atoms with Gasteiger partial charge < -0.3 is 14.8 Å². The first-order chi connectivity index (χ1) is 11.9. The molecule has 3 aliphatic rings. The third kappa shape index (κ3) is 2.87. The van der Waals surface area contributed by atoms with Crippen molar-refractivity contribution in [2.45, 2.75) is 18.9 Å². The minimum atomic E-state index is -0.501. The van der Waals surface area contributed by atoms with Gasteiger partial charge >= 0.3 is 11.9 Å². The minimum Gasteiger partial charge on any atom is -0.462 e. The van der Waals surface area contributed by atoms with E-state index < -0.39 is 30.3 Å². The maximum Gasteiger partial charge on any atom is 0.310 e. The number of benzene rings is 1. The zero-order chi connectivity index (χ0) is 17.7. The highest BCUT2D eigenvalue weighted by Crippen LogP contribution is 2.57. The summed E-state index contributed by atoms with van der Waals surface area (Å²) < 4.78 is 10.4. The fraction of sp³-hybridized carbons (Fsp3) is 0.471. The van der Waals surface area contributed by atoms with E-state index in [1.54, 1.807) is 12.1 Å². The fourth-order valence-electron chi connectivity index (χ4n) is 4.33. The Morgan fingerprint density at radius 2 is 2.04 bits per heavy atom. The van der Waals surface area contributed by atoms with Crippen molar-refractivity contribution >= 4 is 46.7 Å². The van der Waals surface area contributed by atoms with Crippen molar-refractivity contribution < 1.29 is 23.9 Å². The Kier molecular flexibility index (Phi) is 4.12. The Morgan fingerprint density at radius 3 is 2.80 bits per heavy atom. The van der Waals surface area contributed by atoms with E-state index in [1.807, 2.05) is 0 Å². The van der Waals surface area contributed by atoms with Crippen molar-refractivity contribution in [3.05, 3.63) is 28.2 Å². The van der Waals surface area contributed by atoms with Gasteiger partial charge in [-0.3, -0.25) is 14.4 Å². The molecule has 0 radical (unpaired) electrons. The summed E-state index contributed by atoms with van der Waals surface area (Å²) in [5.74, 6) is -1.96. The molecule has 1 heterocycles. The van der Waals surface area contributed by atoms with E-state index in [2.05, 4.69) is 5.32 Å². The number of hydrogen-bond acceptors (Lipinski definition) is 5. The lowest BCUT2D eigenvalue weighted by molar-refractivity contribution is -0.157. The van der Waals surface area contributed by atoms with Gasteiger partial charge in [-0.1, -0.05) is 23.2 Å². The molecule has 2 bridgehead atoms. The molecule has 2 saturated carbocycles. The predicted octanol–water partition coefficient (Wildman–Crippen LogP) is 2.67. The molecule has 3 fully saturated rings. The first kappa shape index (κ1) is 16.7. The van der Waals surface area contributed by atoms with Crippen LogP contribution in [-0.4, -0.2) is 30.6 Å². The van der Waals surface area contributed by atoms with Crippen molar-refractivity contribution in [3.8, 4) is 0 Å². The van der Waals surface area contributed by atoms with Crippen molar-refractivity contribution in [1.29, 1.82) is 0 Å². The third-order valence-electron chi connectivity index (χ3n) is 5.30. The first-order valence-electron chi connectivity index (χ1n) is 8.06. The van der Waals surface area contributed by atoms with Crippen LogP contribution in [0, 0.1) is 23.7 Å². The molecule has 0 unspecified atom stereocenters. The monoisotopic (exact) mass is 383 g/mol. The Bertz CT molecular complexity index is 765. The lowest BCUT2D eigenvalue weighted by atomic mass is 9.80. The van der Waals surface area contributed by atoms with Crippen molar-refractivity contribution in [1.82, 2.24) is 0 Å². The number of anilines is 1. The topological polar surface area (TPSA) is 81.7 Å². The van der Waals surface area contributed by atoms with Gasteiger partial charge in [0, 0.05) is 11.6 Å². The smallest absolute Gasteiger partial charge is 0.310 e. The van der Waals surface area contributed by atoms with E-state index >= 15 is 0 Å². The van der Waals surface area contributed by atoms with Crippen LogP contribution in [0.2, 0.25) is 10.0 Å². The van der Waals surface area contributed by atoms with Crippen LogP contribution in [0.25, 0.3) is 0 Å². The zero-order valence-electron chi connectivity index (χ0n) is 13.0. The lowest BCUT2D eigenvalue weighted by Crippen LogP contribution is -2.34. The molecule has 4 rings (SSSR count). The van der Waals surface area contributed by atoms with Crippen molar-refractivity contribution in [2.75, 3.05) is 11.9 Å². The summed E-state index contributed by atoms with van der Waals surface area (Å²) >= 11 is 11.7. The van der Waals surface area contributed by atoms with Crippen LogP contribution in [0.5, 0.6) is 0 Å². The molecular weight excluding hydrogens is 369 g/mol. The third-order valence-corrected chi connectivity index (χ3v) is 6.04. The molecule has 1 aliphatic heterocycles. The largest absolute Gasteiger partial charge is 0.462 e. The molecule has 1 N–H and O–H groups in total. The quantitative estimate of drug-likeness (QED) is 0.808. The van der Waals surface area contributed by atoms with Crippen LogP contribution in [0.1, 0.15) is 12.8 Å². The van der Waals surface area contributed by atoms with E-state index in [0.717, 1.165) is 6.42 Å². The molecule has 0 aromatic heterocycles. The van der Waals surface area contributed by atoms with E-state index in [1.165, 1.54) is 6.07 Å². The lowest BCUT2D eigenvalue weighted by Gasteiger charge is -2.22. The molecule has 6 nitrogen and oxygen atoms in total. The minimum absolute atomic E-state index is 0.0375. The summed E-state index contributed by atoms with van der Waals surface area (Å²) in [5, 5.41) is 3.27. The Balaban J connectivity index is 1.34. The molecule has 1 aromatic carbocycles. The molecule has 1 amide bonds. The summed E-state index contributed by atoms with van der Waals surface area (Å²) in [5.41, 5.74) is 0.456. The van der Waals surface area contributed by atoms with E-state index in [4.69, 9.17) is 32.7 Å². The van der Waals surface area contributed by atoms with Gasteiger partial charge in [-0.05, 0) is 37.0 Å². The molecule has 25 heavy (non-hydrogen) atoms. The summed E-state index contributed by atoms with van der Waals surface area (Å²) in [6.45, 7) is -0.418. The standard InChI is InChI=1S/C17H15Cl2NO5/c18-10-2-1-8(5-11(10)19)20-13(21)6-24-16(22)14-7-3-9-12(4-7)25-17(23)15(9)14/h1-2,5,7,9,12,14-15H,3-4,6H2,(H,20,21)/t7-,9+,12-,14-,15-/m1/s1. The Labute approximate surface area is 153 Å². The second-order valence-corrected chi connectivity index (χ2v) is 7.52. The van der Waals surface area contributed by atoms with Gasteiger partial charge in [0.2, 0.25) is 0 Å². The molecular formula is C17H15Cl2NO5. The molecule has 132 valence electrons. The highest BCUT2D eigenvalue weighted by Gasteiger charge is 2.64. The SMILES string of the molecule is O=C(COC(=O)[C@@H]1[C@@H]2C[C@@H]3[C@H]1C(=O)O[C@@H]3C2)Nc1ccc(Cl)c(Cl)c1. The van der Waals surface area contributed by atoms with Crippen LogP contribution < -0.4 is 5.32 Å². The highest BCUT2D eigenvalue weighted by atomic mass is 35.5. The Hall–Kier alpha value is -1.79. The molecule has 1 aromatic rings. The van der Waals surface area contributed by atoms with Crippen molar-refractivity contribution in [3.63, 3.8) is 0 Å². The maximum absolute atomic E-state index is 12.4. The fourth-order valence-corrected chi connectivity index (χ4v) is 4.63. The summed E-state index contributed by atoms with van der Waals surface area (Å²) in [6, 6.07) is 4.66. The van der Waals surface area contributed by atoms with Crippen LogP contribution in [0.3, 0.4) is 0 Å². The number of ether oxygens (including phenoxy) is 2. The second-order valence-electron chi connectivity index (χ2n) is 6.71. The summed E-state index contributed by atoms with van der Waals surface area (Å²) in [4.78, 5) is 36.2. The van der Waals surface area contributed by atoms with Gasteiger partial charge in [0.05, 0.1) is 21.9 Å². The average Bonchev–Trinajstić information content (AvgIpc) is 3.18. The maximum atomic E-state index is 12.4. The van der Waals surface area contributed by atoms with E-state index in [9.17, 15) is 14.4 Å². The number of nitrogens with one attached hydrogen (secondary N) is 1. The average molecular weight is 384 g/mol. The number of hydrogen-bond donors (Lipinski definition) is 1. The second kappa shape index (κ2) is 6.18. The first-order valence-corrected chi connectivity index (χ1v) is 8.81. The van der Waals surface area contributed by atoms with Gasteiger partial charge in [-0.2, -0.15) is 0 Å². The summed E-state index contributed by atoms with van der Waals surface area (Å²) in [7, 11) is 0. The normalized spacial score (nSPS) is 31.8. The van der Waals surface area contributed by atoms with Gasteiger partial charge in [-0.25, -0.2) is 0 Å². The highest BCUT2D eigenvalue weighted by molar-refractivity contribution is 6.42. The van der Waals surface area contributed by atoms with Crippen LogP contribution in [-0.2, 0) is 23.9 Å². The molecule has 5 atom stereocenters. The number of carbonyl (C=O) groups excluding carboxylic acids is 3. The van der Waals surface area contributed by atoms with Crippen LogP contribution >= 0.6 is 23.2 Å². The van der Waals surface area contributed by atoms with Gasteiger partial charge in [0.15, 0.2) is 6.61 Å². The molecule has 2 aliphatic carbocycles. The van der Waals surface area contributed by atoms with Crippen molar-refractivity contribution in [2.24, 2.45) is 23.7 Å². The van der Waals surface area contributed by atoms with E-state index in [0.29, 0.717) is 22.2 Å².